The van der Waals surface area contributed by atoms with Gasteiger partial charge in [0, 0.05) is 12.6 Å². The maximum absolute atomic E-state index is 5.47. The van der Waals surface area contributed by atoms with Crippen molar-refractivity contribution in [3.63, 3.8) is 0 Å². The first-order valence-corrected chi connectivity index (χ1v) is 8.50. The lowest BCUT2D eigenvalue weighted by Crippen LogP contribution is -2.38. The molecule has 5 atom stereocenters. The van der Waals surface area contributed by atoms with Crippen molar-refractivity contribution < 1.29 is 9.47 Å². The van der Waals surface area contributed by atoms with E-state index in [1.807, 2.05) is 6.07 Å². The number of rotatable bonds is 3. The monoisotopic (exact) mass is 285 g/mol. The molecule has 1 N–H and O–H groups in total. The van der Waals surface area contributed by atoms with Crippen LogP contribution in [0.2, 0.25) is 0 Å². The Kier molecular flexibility index (Phi) is 2.72. The van der Waals surface area contributed by atoms with Crippen molar-refractivity contribution in [2.75, 3.05) is 6.79 Å². The van der Waals surface area contributed by atoms with Gasteiger partial charge in [-0.1, -0.05) is 12.5 Å². The van der Waals surface area contributed by atoms with Crippen LogP contribution in [0, 0.1) is 23.7 Å². The lowest BCUT2D eigenvalue weighted by atomic mass is 9.79. The summed E-state index contributed by atoms with van der Waals surface area (Å²) in [6, 6.07) is 7.07. The summed E-state index contributed by atoms with van der Waals surface area (Å²) < 4.78 is 10.8. The SMILES string of the molecule is c1cc2c(cc1CN[C@@H]1CC3CC1[C@H]1CCC[C@@H]31)OCO2. The summed E-state index contributed by atoms with van der Waals surface area (Å²) in [4.78, 5) is 0. The van der Waals surface area contributed by atoms with Gasteiger partial charge < -0.3 is 14.8 Å². The van der Waals surface area contributed by atoms with Gasteiger partial charge in [-0.25, -0.2) is 0 Å². The van der Waals surface area contributed by atoms with E-state index in [1.165, 1.54) is 37.7 Å². The smallest absolute Gasteiger partial charge is 0.231 e. The second-order valence-corrected chi connectivity index (χ2v) is 7.33. The van der Waals surface area contributed by atoms with Gasteiger partial charge in [0.05, 0.1) is 0 Å². The van der Waals surface area contributed by atoms with Gasteiger partial charge in [0.25, 0.3) is 0 Å². The Hall–Kier alpha value is -1.22. The molecule has 0 saturated heterocycles. The fourth-order valence-corrected chi connectivity index (χ4v) is 5.60. The molecule has 3 saturated carbocycles. The predicted molar refractivity (Wildman–Crippen MR) is 80.2 cm³/mol. The molecule has 112 valence electrons. The van der Waals surface area contributed by atoms with Gasteiger partial charge in [-0.2, -0.15) is 0 Å². The normalized spacial score (nSPS) is 39.0. The van der Waals surface area contributed by atoms with E-state index in [4.69, 9.17) is 9.47 Å². The molecule has 1 heterocycles. The van der Waals surface area contributed by atoms with Crippen LogP contribution in [0.15, 0.2) is 18.2 Å². The van der Waals surface area contributed by atoms with Crippen molar-refractivity contribution in [3.05, 3.63) is 23.8 Å². The molecule has 21 heavy (non-hydrogen) atoms. The van der Waals surface area contributed by atoms with E-state index in [9.17, 15) is 0 Å². The summed E-state index contributed by atoms with van der Waals surface area (Å²) >= 11 is 0. The number of benzene rings is 1. The van der Waals surface area contributed by atoms with E-state index >= 15 is 0 Å². The van der Waals surface area contributed by atoms with Crippen LogP contribution in [-0.4, -0.2) is 12.8 Å². The van der Waals surface area contributed by atoms with Gasteiger partial charge in [-0.3, -0.25) is 0 Å². The van der Waals surface area contributed by atoms with Crippen LogP contribution in [0.25, 0.3) is 0 Å². The van der Waals surface area contributed by atoms with Gasteiger partial charge >= 0.3 is 0 Å². The second kappa shape index (κ2) is 4.64. The summed E-state index contributed by atoms with van der Waals surface area (Å²) in [6.07, 6.45) is 7.40. The largest absolute Gasteiger partial charge is 0.454 e. The first-order valence-electron chi connectivity index (χ1n) is 8.50. The topological polar surface area (TPSA) is 30.5 Å². The van der Waals surface area contributed by atoms with Crippen molar-refractivity contribution in [1.82, 2.24) is 5.32 Å². The highest BCUT2D eigenvalue weighted by molar-refractivity contribution is 5.44. The van der Waals surface area contributed by atoms with Gasteiger partial charge in [0.15, 0.2) is 11.5 Å². The van der Waals surface area contributed by atoms with Crippen molar-refractivity contribution in [2.24, 2.45) is 23.7 Å². The summed E-state index contributed by atoms with van der Waals surface area (Å²) in [5.74, 6) is 5.88. The quantitative estimate of drug-likeness (QED) is 0.924. The van der Waals surface area contributed by atoms with Crippen LogP contribution >= 0.6 is 0 Å². The fourth-order valence-electron chi connectivity index (χ4n) is 5.60. The first kappa shape index (κ1) is 12.3. The summed E-state index contributed by atoms with van der Waals surface area (Å²) in [6.45, 7) is 1.32. The molecular formula is C18H23NO2. The predicted octanol–water partition coefficient (Wildman–Crippen LogP) is 3.33. The number of hydrogen-bond acceptors (Lipinski definition) is 3. The molecule has 3 fully saturated rings. The second-order valence-electron chi connectivity index (χ2n) is 7.33. The van der Waals surface area contributed by atoms with Crippen LogP contribution in [-0.2, 0) is 6.54 Å². The maximum Gasteiger partial charge on any atom is 0.231 e. The molecule has 0 amide bonds. The third-order valence-corrected chi connectivity index (χ3v) is 6.43. The molecule has 3 heteroatoms. The van der Waals surface area contributed by atoms with Gasteiger partial charge in [-0.05, 0) is 67.1 Å². The third kappa shape index (κ3) is 1.90. The van der Waals surface area contributed by atoms with E-state index in [0.717, 1.165) is 47.8 Å². The Morgan fingerprint density at radius 1 is 1.00 bits per heavy atom. The van der Waals surface area contributed by atoms with E-state index in [1.54, 1.807) is 0 Å². The molecule has 0 spiro atoms. The lowest BCUT2D eigenvalue weighted by molar-refractivity contribution is 0.174. The molecular weight excluding hydrogens is 262 g/mol. The van der Waals surface area contributed by atoms with E-state index < -0.39 is 0 Å². The fraction of sp³-hybridized carbons (Fsp3) is 0.667. The molecule has 2 bridgehead atoms. The zero-order chi connectivity index (χ0) is 13.8. The number of nitrogens with one attached hydrogen (secondary N) is 1. The minimum atomic E-state index is 0.363. The highest BCUT2D eigenvalue weighted by Gasteiger charge is 2.53. The van der Waals surface area contributed by atoms with Gasteiger partial charge in [0.2, 0.25) is 6.79 Å². The molecule has 5 rings (SSSR count). The Morgan fingerprint density at radius 3 is 2.90 bits per heavy atom. The molecule has 3 nitrogen and oxygen atoms in total. The molecule has 1 aromatic carbocycles. The summed E-state index contributed by atoms with van der Waals surface area (Å²) in [5, 5.41) is 3.84. The molecule has 0 aromatic heterocycles. The van der Waals surface area contributed by atoms with Gasteiger partial charge in [0.1, 0.15) is 0 Å². The zero-order valence-corrected chi connectivity index (χ0v) is 12.4. The Labute approximate surface area is 126 Å². The minimum Gasteiger partial charge on any atom is -0.454 e. The van der Waals surface area contributed by atoms with Crippen molar-refractivity contribution >= 4 is 0 Å². The average molecular weight is 285 g/mol. The number of hydrogen-bond donors (Lipinski definition) is 1. The maximum atomic E-state index is 5.47. The van der Waals surface area contributed by atoms with Crippen molar-refractivity contribution in [2.45, 2.75) is 44.7 Å². The third-order valence-electron chi connectivity index (χ3n) is 6.43. The van der Waals surface area contributed by atoms with Crippen LogP contribution in [0.3, 0.4) is 0 Å². The van der Waals surface area contributed by atoms with Crippen molar-refractivity contribution in [1.29, 1.82) is 0 Å². The standard InChI is InChI=1S/C18H23NO2/c1-2-13-12-7-15(14(13)3-1)16(8-12)19-9-11-4-5-17-18(6-11)21-10-20-17/h4-6,12-16,19H,1-3,7-10H2/t12?,13-,14-,15?,16+/m0/s1. The molecule has 0 radical (unpaired) electrons. The summed E-state index contributed by atoms with van der Waals surface area (Å²) in [7, 11) is 0. The average Bonchev–Trinajstić information content (AvgIpc) is 3.24. The number of fused-ring (bicyclic) bond motifs is 6. The molecule has 2 unspecified atom stereocenters. The minimum absolute atomic E-state index is 0.363. The Balaban J connectivity index is 1.25. The van der Waals surface area contributed by atoms with E-state index in [-0.39, 0.29) is 0 Å². The molecule has 1 aromatic rings. The van der Waals surface area contributed by atoms with E-state index in [2.05, 4.69) is 17.4 Å². The lowest BCUT2D eigenvalue weighted by Gasteiger charge is -2.32. The van der Waals surface area contributed by atoms with E-state index in [0.29, 0.717) is 6.79 Å². The molecule has 4 aliphatic rings. The van der Waals surface area contributed by atoms with Gasteiger partial charge in [-0.15, -0.1) is 0 Å². The first-order chi connectivity index (χ1) is 10.4. The number of ether oxygens (including phenoxy) is 2. The van der Waals surface area contributed by atoms with Crippen molar-refractivity contribution in [3.8, 4) is 11.5 Å². The highest BCUT2D eigenvalue weighted by Crippen LogP contribution is 2.58. The van der Waals surface area contributed by atoms with Crippen LogP contribution < -0.4 is 14.8 Å². The zero-order valence-electron chi connectivity index (χ0n) is 12.4. The Morgan fingerprint density at radius 2 is 1.90 bits per heavy atom. The Bertz CT molecular complexity index is 558. The highest BCUT2D eigenvalue weighted by atomic mass is 16.7. The molecule has 1 aliphatic heterocycles. The van der Waals surface area contributed by atoms with Crippen LogP contribution in [0.5, 0.6) is 11.5 Å². The summed E-state index contributed by atoms with van der Waals surface area (Å²) in [5.41, 5.74) is 1.31. The molecule has 3 aliphatic carbocycles. The van der Waals surface area contributed by atoms with Crippen LogP contribution in [0.1, 0.15) is 37.7 Å². The van der Waals surface area contributed by atoms with Crippen LogP contribution in [0.4, 0.5) is 0 Å².